The zero-order valence-electron chi connectivity index (χ0n) is 16.2. The van der Waals surface area contributed by atoms with Crippen molar-refractivity contribution in [3.8, 4) is 17.2 Å². The van der Waals surface area contributed by atoms with E-state index in [2.05, 4.69) is 10.5 Å². The number of oxime groups is 1. The molecule has 1 amide bonds. The highest BCUT2D eigenvalue weighted by atomic mass is 16.6. The smallest absolute Gasteiger partial charge is 0.264 e. The Balaban J connectivity index is 1.51. The van der Waals surface area contributed by atoms with Gasteiger partial charge in [-0.3, -0.25) is 4.79 Å². The van der Waals surface area contributed by atoms with Crippen LogP contribution in [0.1, 0.15) is 17.5 Å². The highest BCUT2D eigenvalue weighted by Crippen LogP contribution is 2.28. The maximum atomic E-state index is 12.4. The fourth-order valence-corrected chi connectivity index (χ4v) is 3.04. The van der Waals surface area contributed by atoms with Crippen LogP contribution in [0.3, 0.4) is 0 Å². The van der Waals surface area contributed by atoms with Crippen molar-refractivity contribution >= 4 is 11.6 Å². The topological polar surface area (TPSA) is 78.4 Å². The van der Waals surface area contributed by atoms with Crippen LogP contribution in [0.15, 0.2) is 47.6 Å². The van der Waals surface area contributed by atoms with Gasteiger partial charge in [-0.25, -0.2) is 0 Å². The van der Waals surface area contributed by atoms with Gasteiger partial charge in [-0.15, -0.1) is 0 Å². The van der Waals surface area contributed by atoms with Crippen LogP contribution in [0, 0.1) is 0 Å². The monoisotopic (exact) mass is 384 g/mol. The van der Waals surface area contributed by atoms with Gasteiger partial charge in [-0.1, -0.05) is 23.4 Å². The highest BCUT2D eigenvalue weighted by Gasteiger charge is 2.29. The average molecular weight is 384 g/mol. The summed E-state index contributed by atoms with van der Waals surface area (Å²) in [7, 11) is 4.80. The number of carbonyl (C=O) groups is 1. The first-order valence-corrected chi connectivity index (χ1v) is 9.01. The van der Waals surface area contributed by atoms with Crippen molar-refractivity contribution in [2.75, 3.05) is 27.9 Å². The summed E-state index contributed by atoms with van der Waals surface area (Å²) in [5, 5.41) is 6.97. The average Bonchev–Trinajstić information content (AvgIpc) is 3.23. The van der Waals surface area contributed by atoms with E-state index in [-0.39, 0.29) is 5.91 Å². The number of carbonyl (C=O) groups excluding carboxylic acids is 1. The molecule has 0 spiro atoms. The molecule has 1 aliphatic rings. The van der Waals surface area contributed by atoms with Crippen LogP contribution in [0.5, 0.6) is 17.2 Å². The van der Waals surface area contributed by atoms with Gasteiger partial charge in [-0.05, 0) is 36.2 Å². The molecule has 2 aromatic carbocycles. The van der Waals surface area contributed by atoms with Crippen molar-refractivity contribution in [2.45, 2.75) is 18.9 Å². The molecule has 7 nitrogen and oxygen atoms in total. The molecule has 148 valence electrons. The molecule has 1 atom stereocenters. The molecule has 0 bridgehead atoms. The predicted octanol–water partition coefficient (Wildman–Crippen LogP) is 2.56. The molecular weight excluding hydrogens is 360 g/mol. The molecule has 0 aromatic heterocycles. The SMILES string of the molecule is COc1ccc(CCNC(=O)[C@H]2CC(c3ccccc3OC)=NO2)cc1OC. The van der Waals surface area contributed by atoms with Gasteiger partial charge in [0.25, 0.3) is 5.91 Å². The summed E-state index contributed by atoms with van der Waals surface area (Å²) < 4.78 is 15.9. The number of amides is 1. The first kappa shape index (κ1) is 19.5. The Morgan fingerprint density at radius 3 is 2.57 bits per heavy atom. The lowest BCUT2D eigenvalue weighted by atomic mass is 10.0. The van der Waals surface area contributed by atoms with Gasteiger partial charge in [0.05, 0.1) is 27.0 Å². The molecule has 28 heavy (non-hydrogen) atoms. The highest BCUT2D eigenvalue weighted by molar-refractivity contribution is 6.05. The number of methoxy groups -OCH3 is 3. The van der Waals surface area contributed by atoms with E-state index in [1.165, 1.54) is 0 Å². The standard InChI is InChI=1S/C21H24N2O5/c1-25-17-7-5-4-6-15(17)16-13-20(28-23-16)21(24)22-11-10-14-8-9-18(26-2)19(12-14)27-3/h4-9,12,20H,10-11,13H2,1-3H3,(H,22,24)/t20-/m1/s1. The minimum atomic E-state index is -0.634. The van der Waals surface area contributed by atoms with Gasteiger partial charge in [-0.2, -0.15) is 0 Å². The zero-order valence-corrected chi connectivity index (χ0v) is 16.2. The fraction of sp³-hybridized carbons (Fsp3) is 0.333. The Labute approximate surface area is 164 Å². The number of hydrogen-bond acceptors (Lipinski definition) is 6. The van der Waals surface area contributed by atoms with E-state index in [0.29, 0.717) is 42.3 Å². The molecule has 7 heteroatoms. The molecule has 0 radical (unpaired) electrons. The Morgan fingerprint density at radius 2 is 1.82 bits per heavy atom. The second-order valence-electron chi connectivity index (χ2n) is 6.27. The lowest BCUT2D eigenvalue weighted by Gasteiger charge is -2.11. The number of para-hydroxylation sites is 1. The third-order valence-electron chi connectivity index (χ3n) is 4.54. The summed E-state index contributed by atoms with van der Waals surface area (Å²) in [4.78, 5) is 17.7. The maximum Gasteiger partial charge on any atom is 0.264 e. The normalized spacial score (nSPS) is 15.4. The predicted molar refractivity (Wildman–Crippen MR) is 105 cm³/mol. The first-order chi connectivity index (χ1) is 13.7. The van der Waals surface area contributed by atoms with E-state index < -0.39 is 6.10 Å². The van der Waals surface area contributed by atoms with E-state index in [1.807, 2.05) is 42.5 Å². The molecule has 0 aliphatic carbocycles. The molecular formula is C21H24N2O5. The van der Waals surface area contributed by atoms with Crippen LogP contribution in [-0.4, -0.2) is 45.6 Å². The molecule has 0 saturated carbocycles. The molecule has 0 saturated heterocycles. The maximum absolute atomic E-state index is 12.4. The first-order valence-electron chi connectivity index (χ1n) is 9.01. The molecule has 3 rings (SSSR count). The summed E-state index contributed by atoms with van der Waals surface area (Å²) >= 11 is 0. The third-order valence-corrected chi connectivity index (χ3v) is 4.54. The van der Waals surface area contributed by atoms with Crippen LogP contribution in [0.25, 0.3) is 0 Å². The third kappa shape index (κ3) is 4.36. The minimum absolute atomic E-state index is 0.186. The Morgan fingerprint density at radius 1 is 1.07 bits per heavy atom. The van der Waals surface area contributed by atoms with E-state index in [9.17, 15) is 4.79 Å². The molecule has 2 aromatic rings. The summed E-state index contributed by atoms with van der Waals surface area (Å²) in [5.74, 6) is 1.87. The number of rotatable bonds is 8. The van der Waals surface area contributed by atoms with Crippen LogP contribution in [-0.2, 0) is 16.1 Å². The second kappa shape index (κ2) is 9.12. The molecule has 1 heterocycles. The van der Waals surface area contributed by atoms with Crippen LogP contribution < -0.4 is 19.5 Å². The summed E-state index contributed by atoms with van der Waals surface area (Å²) in [6.45, 7) is 0.484. The molecule has 1 aliphatic heterocycles. The van der Waals surface area contributed by atoms with Crippen molar-refractivity contribution in [1.82, 2.24) is 5.32 Å². The van der Waals surface area contributed by atoms with Gasteiger partial charge in [0.15, 0.2) is 11.5 Å². The summed E-state index contributed by atoms with van der Waals surface area (Å²) in [6.07, 6.45) is 0.437. The van der Waals surface area contributed by atoms with Crippen molar-refractivity contribution < 1.29 is 23.8 Å². The quantitative estimate of drug-likeness (QED) is 0.757. The van der Waals surface area contributed by atoms with Crippen molar-refractivity contribution in [2.24, 2.45) is 5.16 Å². The van der Waals surface area contributed by atoms with E-state index in [0.717, 1.165) is 11.1 Å². The zero-order chi connectivity index (χ0) is 19.9. The minimum Gasteiger partial charge on any atom is -0.496 e. The van der Waals surface area contributed by atoms with Crippen LogP contribution >= 0.6 is 0 Å². The van der Waals surface area contributed by atoms with Gasteiger partial charge < -0.3 is 24.4 Å². The summed E-state index contributed by atoms with van der Waals surface area (Å²) in [5.41, 5.74) is 2.58. The second-order valence-corrected chi connectivity index (χ2v) is 6.27. The molecule has 0 fully saturated rings. The number of benzene rings is 2. The van der Waals surface area contributed by atoms with Crippen LogP contribution in [0.4, 0.5) is 0 Å². The Kier molecular flexibility index (Phi) is 6.37. The number of ether oxygens (including phenoxy) is 3. The molecule has 0 unspecified atom stereocenters. The Hall–Kier alpha value is -3.22. The Bertz CT molecular complexity index is 866. The number of nitrogens with one attached hydrogen (secondary N) is 1. The number of nitrogens with zero attached hydrogens (tertiary/aromatic N) is 1. The van der Waals surface area contributed by atoms with Crippen molar-refractivity contribution in [3.63, 3.8) is 0 Å². The van der Waals surface area contributed by atoms with E-state index in [1.54, 1.807) is 21.3 Å². The van der Waals surface area contributed by atoms with Gasteiger partial charge in [0.2, 0.25) is 6.10 Å². The van der Waals surface area contributed by atoms with Gasteiger partial charge in [0, 0.05) is 18.5 Å². The van der Waals surface area contributed by atoms with E-state index in [4.69, 9.17) is 19.0 Å². The largest absolute Gasteiger partial charge is 0.496 e. The van der Waals surface area contributed by atoms with Gasteiger partial charge >= 0.3 is 0 Å². The lowest BCUT2D eigenvalue weighted by Crippen LogP contribution is -2.36. The van der Waals surface area contributed by atoms with E-state index >= 15 is 0 Å². The number of hydrogen-bond donors (Lipinski definition) is 1. The van der Waals surface area contributed by atoms with Crippen LogP contribution in [0.2, 0.25) is 0 Å². The fourth-order valence-electron chi connectivity index (χ4n) is 3.04. The van der Waals surface area contributed by atoms with Crippen molar-refractivity contribution in [3.05, 3.63) is 53.6 Å². The summed E-state index contributed by atoms with van der Waals surface area (Å²) in [6, 6.07) is 13.2. The van der Waals surface area contributed by atoms with Gasteiger partial charge in [0.1, 0.15) is 5.75 Å². The molecule has 1 N–H and O–H groups in total. The van der Waals surface area contributed by atoms with Crippen molar-refractivity contribution in [1.29, 1.82) is 0 Å². The lowest BCUT2D eigenvalue weighted by molar-refractivity contribution is -0.131.